The molecular weight excluding hydrogens is 284 g/mol. The van der Waals surface area contributed by atoms with Crippen molar-refractivity contribution in [3.8, 4) is 0 Å². The summed E-state index contributed by atoms with van der Waals surface area (Å²) < 4.78 is 22.5. The van der Waals surface area contributed by atoms with Crippen molar-refractivity contribution in [2.24, 2.45) is 5.92 Å². The molecule has 19 heavy (non-hydrogen) atoms. The van der Waals surface area contributed by atoms with Crippen LogP contribution >= 0.6 is 11.6 Å². The van der Waals surface area contributed by atoms with Crippen molar-refractivity contribution in [2.45, 2.75) is 33.4 Å². The molecule has 1 unspecified atom stereocenters. The third kappa shape index (κ3) is 10.8. The molecule has 0 aliphatic heterocycles. The van der Waals surface area contributed by atoms with Gasteiger partial charge in [0, 0.05) is 19.1 Å². The number of halogens is 1. The van der Waals surface area contributed by atoms with Gasteiger partial charge >= 0.3 is 8.56 Å². The molecule has 0 heterocycles. The van der Waals surface area contributed by atoms with Crippen LogP contribution < -0.4 is 0 Å². The molecule has 0 radical (unpaired) electrons. The highest BCUT2D eigenvalue weighted by atomic mass is 35.5. The van der Waals surface area contributed by atoms with E-state index < -0.39 is 8.56 Å². The lowest BCUT2D eigenvalue weighted by molar-refractivity contribution is 0.0654. The number of hydrogen-bond donors (Lipinski definition) is 0. The van der Waals surface area contributed by atoms with Crippen molar-refractivity contribution in [3.63, 3.8) is 0 Å². The summed E-state index contributed by atoms with van der Waals surface area (Å²) >= 11 is 5.89. The summed E-state index contributed by atoms with van der Waals surface area (Å²) in [6.07, 6.45) is 0. The van der Waals surface area contributed by atoms with Gasteiger partial charge in [-0.3, -0.25) is 0 Å². The summed E-state index contributed by atoms with van der Waals surface area (Å²) in [6, 6.07) is 0.898. The van der Waals surface area contributed by atoms with Gasteiger partial charge in [0.05, 0.1) is 26.4 Å². The summed E-state index contributed by atoms with van der Waals surface area (Å²) in [5.41, 5.74) is 0. The Labute approximate surface area is 124 Å². The van der Waals surface area contributed by atoms with E-state index in [2.05, 4.69) is 13.5 Å². The average Bonchev–Trinajstić information content (AvgIpc) is 2.40. The van der Waals surface area contributed by atoms with Crippen molar-refractivity contribution in [2.75, 3.05) is 45.5 Å². The normalized spacial score (nSPS) is 13.7. The number of rotatable bonds is 13. The van der Waals surface area contributed by atoms with Gasteiger partial charge in [0.25, 0.3) is 0 Å². The van der Waals surface area contributed by atoms with Gasteiger partial charge in [0.2, 0.25) is 0 Å². The van der Waals surface area contributed by atoms with Crippen molar-refractivity contribution < 1.29 is 18.3 Å². The van der Waals surface area contributed by atoms with E-state index in [0.29, 0.717) is 51.4 Å². The van der Waals surface area contributed by atoms with E-state index in [0.717, 1.165) is 6.04 Å². The Morgan fingerprint density at radius 2 is 1.42 bits per heavy atom. The first kappa shape index (κ1) is 19.3. The smallest absolute Gasteiger partial charge is 0.335 e. The molecule has 0 aliphatic rings. The fraction of sp³-hybridized carbons (Fsp3) is 1.00. The third-order valence-corrected chi connectivity index (χ3v) is 6.26. The van der Waals surface area contributed by atoms with E-state index in [-0.39, 0.29) is 0 Å². The molecule has 0 aliphatic carbocycles. The first-order valence-corrected chi connectivity index (χ1v) is 10.1. The highest BCUT2D eigenvalue weighted by Gasteiger charge is 2.33. The van der Waals surface area contributed by atoms with Crippen LogP contribution in [-0.4, -0.2) is 54.1 Å². The van der Waals surface area contributed by atoms with Crippen LogP contribution in [0.1, 0.15) is 20.8 Å². The molecule has 0 aromatic carbocycles. The van der Waals surface area contributed by atoms with Crippen LogP contribution in [0.3, 0.4) is 0 Å². The molecule has 1 atom stereocenters. The zero-order chi connectivity index (χ0) is 14.6. The highest BCUT2D eigenvalue weighted by molar-refractivity contribution is 6.66. The van der Waals surface area contributed by atoms with Gasteiger partial charge in [0.1, 0.15) is 0 Å². The Balaban J connectivity index is 4.11. The second kappa shape index (κ2) is 12.1. The molecule has 0 rings (SSSR count). The van der Waals surface area contributed by atoms with Gasteiger partial charge in [-0.05, 0) is 32.4 Å². The first-order chi connectivity index (χ1) is 9.08. The lowest BCUT2D eigenvalue weighted by atomic mass is 10.3. The predicted molar refractivity (Wildman–Crippen MR) is 81.2 cm³/mol. The maximum atomic E-state index is 5.96. The fourth-order valence-electron chi connectivity index (χ4n) is 1.77. The number of hydrogen-bond acceptors (Lipinski definition) is 4. The minimum Gasteiger partial charge on any atom is -0.392 e. The van der Waals surface area contributed by atoms with Crippen molar-refractivity contribution >= 4 is 20.2 Å². The Morgan fingerprint density at radius 1 is 0.947 bits per heavy atom. The molecule has 0 saturated carbocycles. The molecule has 0 aromatic rings. The molecule has 6 heteroatoms. The van der Waals surface area contributed by atoms with Gasteiger partial charge in [-0.2, -0.15) is 0 Å². The zero-order valence-corrected chi connectivity index (χ0v) is 14.5. The Kier molecular flexibility index (Phi) is 12.3. The SMILES string of the molecule is CCOCCO[Si](C)(CC(C)CCl)OCCOCC. The van der Waals surface area contributed by atoms with Crippen LogP contribution in [0.15, 0.2) is 0 Å². The van der Waals surface area contributed by atoms with Crippen LogP contribution in [-0.2, 0) is 18.3 Å². The van der Waals surface area contributed by atoms with Gasteiger partial charge in [0.15, 0.2) is 0 Å². The van der Waals surface area contributed by atoms with Crippen LogP contribution in [0.4, 0.5) is 0 Å². The predicted octanol–water partition coefficient (Wildman–Crippen LogP) is 3.04. The average molecular weight is 313 g/mol. The molecule has 0 amide bonds. The summed E-state index contributed by atoms with van der Waals surface area (Å²) in [5, 5.41) is 0. The van der Waals surface area contributed by atoms with Gasteiger partial charge < -0.3 is 18.3 Å². The molecular formula is C13H29ClO4Si. The largest absolute Gasteiger partial charge is 0.392 e. The Hall–Kier alpha value is 0.347. The number of alkyl halides is 1. The minimum absolute atomic E-state index is 0.400. The maximum Gasteiger partial charge on any atom is 0.335 e. The molecule has 0 spiro atoms. The molecule has 0 N–H and O–H groups in total. The molecule has 0 saturated heterocycles. The number of ether oxygens (including phenoxy) is 2. The van der Waals surface area contributed by atoms with E-state index in [4.69, 9.17) is 29.9 Å². The Morgan fingerprint density at radius 3 is 1.79 bits per heavy atom. The van der Waals surface area contributed by atoms with Crippen molar-refractivity contribution in [1.82, 2.24) is 0 Å². The van der Waals surface area contributed by atoms with Gasteiger partial charge in [-0.1, -0.05) is 6.92 Å². The Bertz CT molecular complexity index is 195. The lowest BCUT2D eigenvalue weighted by Crippen LogP contribution is -2.42. The summed E-state index contributed by atoms with van der Waals surface area (Å²) in [4.78, 5) is 0. The van der Waals surface area contributed by atoms with E-state index in [9.17, 15) is 0 Å². The van der Waals surface area contributed by atoms with E-state index >= 15 is 0 Å². The van der Waals surface area contributed by atoms with Gasteiger partial charge in [-0.25, -0.2) is 0 Å². The monoisotopic (exact) mass is 312 g/mol. The van der Waals surface area contributed by atoms with Crippen LogP contribution in [0.25, 0.3) is 0 Å². The van der Waals surface area contributed by atoms with E-state index in [1.165, 1.54) is 0 Å². The minimum atomic E-state index is -2.18. The lowest BCUT2D eigenvalue weighted by Gasteiger charge is -2.29. The maximum absolute atomic E-state index is 5.96. The standard InChI is InChI=1S/C13H29ClO4Si/c1-5-15-7-9-17-19(4,12-13(3)11-14)18-10-8-16-6-2/h13H,5-12H2,1-4H3. The molecule has 0 fully saturated rings. The van der Waals surface area contributed by atoms with E-state index in [1.54, 1.807) is 0 Å². The quantitative estimate of drug-likeness (QED) is 0.297. The third-order valence-electron chi connectivity index (χ3n) is 2.66. The first-order valence-electron chi connectivity index (χ1n) is 7.07. The summed E-state index contributed by atoms with van der Waals surface area (Å²) in [5.74, 6) is 1.03. The van der Waals surface area contributed by atoms with E-state index in [1.807, 2.05) is 13.8 Å². The summed E-state index contributed by atoms with van der Waals surface area (Å²) in [7, 11) is -2.18. The molecule has 0 bridgehead atoms. The second-order valence-corrected chi connectivity index (χ2v) is 8.25. The van der Waals surface area contributed by atoms with Gasteiger partial charge in [-0.15, -0.1) is 11.6 Å². The highest BCUT2D eigenvalue weighted by Crippen LogP contribution is 2.20. The molecule has 4 nitrogen and oxygen atoms in total. The topological polar surface area (TPSA) is 36.9 Å². The molecule has 0 aromatic heterocycles. The van der Waals surface area contributed by atoms with Crippen molar-refractivity contribution in [3.05, 3.63) is 0 Å². The zero-order valence-electron chi connectivity index (χ0n) is 12.7. The summed E-state index contributed by atoms with van der Waals surface area (Å²) in [6.45, 7) is 12.0. The fourth-order valence-corrected chi connectivity index (χ4v) is 4.82. The molecule has 116 valence electrons. The van der Waals surface area contributed by atoms with Crippen LogP contribution in [0, 0.1) is 5.92 Å². The second-order valence-electron chi connectivity index (χ2n) is 4.69. The van der Waals surface area contributed by atoms with Crippen molar-refractivity contribution in [1.29, 1.82) is 0 Å². The van der Waals surface area contributed by atoms with Crippen LogP contribution in [0.2, 0.25) is 12.6 Å². The van der Waals surface area contributed by atoms with Crippen LogP contribution in [0.5, 0.6) is 0 Å².